The molecule has 0 saturated heterocycles. The van der Waals surface area contributed by atoms with Crippen LogP contribution < -0.4 is 4.74 Å². The van der Waals surface area contributed by atoms with Gasteiger partial charge in [-0.1, -0.05) is 36.9 Å². The maximum absolute atomic E-state index is 12.3. The van der Waals surface area contributed by atoms with Gasteiger partial charge in [-0.05, 0) is 29.8 Å². The highest BCUT2D eigenvalue weighted by Crippen LogP contribution is 2.24. The van der Waals surface area contributed by atoms with Crippen LogP contribution in [-0.4, -0.2) is 18.0 Å². The van der Waals surface area contributed by atoms with Crippen LogP contribution in [0.25, 0.3) is 0 Å². The third-order valence-corrected chi connectivity index (χ3v) is 3.09. The van der Waals surface area contributed by atoms with Crippen molar-refractivity contribution in [3.8, 4) is 5.75 Å². The first kappa shape index (κ1) is 14.0. The normalized spacial score (nSPS) is 11.7. The van der Waals surface area contributed by atoms with Gasteiger partial charge in [-0.3, -0.25) is 4.79 Å². The second-order valence-corrected chi connectivity index (χ2v) is 4.40. The second-order valence-electron chi connectivity index (χ2n) is 4.40. The Morgan fingerprint density at radius 1 is 1.10 bits per heavy atom. The number of ether oxygens (including phenoxy) is 1. The molecule has 3 nitrogen and oxygen atoms in total. The molecule has 0 amide bonds. The first-order chi connectivity index (χ1) is 9.63. The Kier molecular flexibility index (Phi) is 4.33. The van der Waals surface area contributed by atoms with E-state index in [0.29, 0.717) is 16.9 Å². The second kappa shape index (κ2) is 6.17. The molecule has 1 atom stereocenters. The summed E-state index contributed by atoms with van der Waals surface area (Å²) in [5, 5.41) is 10.2. The Hall–Kier alpha value is -2.39. The van der Waals surface area contributed by atoms with Crippen LogP contribution in [-0.2, 0) is 0 Å². The molecule has 1 N–H and O–H groups in total. The highest BCUT2D eigenvalue weighted by molar-refractivity contribution is 6.09. The standard InChI is InChI=1S/C17H16O3/c1-12(16(18)13-6-4-3-5-7-13)17(19)14-8-10-15(20-2)11-9-14/h3-11,16,18H,1H2,2H3/t16-/m1/s1. The van der Waals surface area contributed by atoms with Gasteiger partial charge < -0.3 is 9.84 Å². The average molecular weight is 268 g/mol. The molecule has 0 aliphatic carbocycles. The predicted octanol–water partition coefficient (Wildman–Crippen LogP) is 3.17. The minimum Gasteiger partial charge on any atom is -0.497 e. The molecule has 3 heteroatoms. The SMILES string of the molecule is C=C(C(=O)c1ccc(OC)cc1)[C@@H](O)c1ccccc1. The van der Waals surface area contributed by atoms with E-state index < -0.39 is 6.10 Å². The molecule has 0 aliphatic rings. The fourth-order valence-electron chi connectivity index (χ4n) is 1.89. The summed E-state index contributed by atoms with van der Waals surface area (Å²) < 4.78 is 5.04. The lowest BCUT2D eigenvalue weighted by molar-refractivity contribution is 0.0988. The van der Waals surface area contributed by atoms with Crippen molar-refractivity contribution >= 4 is 5.78 Å². The number of Topliss-reactive ketones (excluding diaryl/α,β-unsaturated/α-hetero) is 1. The molecule has 0 spiro atoms. The van der Waals surface area contributed by atoms with Crippen LogP contribution in [0.2, 0.25) is 0 Å². The summed E-state index contributed by atoms with van der Waals surface area (Å²) in [5.41, 5.74) is 1.28. The molecular weight excluding hydrogens is 252 g/mol. The number of rotatable bonds is 5. The lowest BCUT2D eigenvalue weighted by Crippen LogP contribution is -2.11. The van der Waals surface area contributed by atoms with E-state index >= 15 is 0 Å². The summed E-state index contributed by atoms with van der Waals surface area (Å²) in [6, 6.07) is 15.7. The third-order valence-electron chi connectivity index (χ3n) is 3.09. The summed E-state index contributed by atoms with van der Waals surface area (Å²) >= 11 is 0. The van der Waals surface area contributed by atoms with Gasteiger partial charge in [0.15, 0.2) is 5.78 Å². The van der Waals surface area contributed by atoms with E-state index in [2.05, 4.69) is 6.58 Å². The summed E-state index contributed by atoms with van der Waals surface area (Å²) in [7, 11) is 1.56. The molecule has 0 radical (unpaired) electrons. The van der Waals surface area contributed by atoms with Crippen LogP contribution in [0.15, 0.2) is 66.7 Å². The topological polar surface area (TPSA) is 46.5 Å². The summed E-state index contributed by atoms with van der Waals surface area (Å²) in [5.74, 6) is 0.403. The summed E-state index contributed by atoms with van der Waals surface area (Å²) in [6.45, 7) is 3.72. The zero-order valence-electron chi connectivity index (χ0n) is 11.2. The van der Waals surface area contributed by atoms with Crippen molar-refractivity contribution < 1.29 is 14.6 Å². The van der Waals surface area contributed by atoms with E-state index in [1.807, 2.05) is 18.2 Å². The van der Waals surface area contributed by atoms with E-state index in [1.54, 1.807) is 43.5 Å². The minimum absolute atomic E-state index is 0.154. The van der Waals surface area contributed by atoms with Crippen LogP contribution in [0.3, 0.4) is 0 Å². The van der Waals surface area contributed by atoms with Gasteiger partial charge in [-0.25, -0.2) is 0 Å². The van der Waals surface area contributed by atoms with E-state index in [9.17, 15) is 9.90 Å². The number of aliphatic hydroxyl groups excluding tert-OH is 1. The lowest BCUT2D eigenvalue weighted by atomic mass is 9.96. The molecule has 0 aromatic heterocycles. The predicted molar refractivity (Wildman–Crippen MR) is 77.9 cm³/mol. The molecule has 2 rings (SSSR count). The number of aliphatic hydroxyl groups is 1. The fourth-order valence-corrected chi connectivity index (χ4v) is 1.89. The average Bonchev–Trinajstić information content (AvgIpc) is 2.53. The molecule has 0 aliphatic heterocycles. The molecule has 2 aromatic rings. The Labute approximate surface area is 118 Å². The van der Waals surface area contributed by atoms with E-state index in [4.69, 9.17) is 4.74 Å². The molecular formula is C17H16O3. The van der Waals surface area contributed by atoms with Gasteiger partial charge >= 0.3 is 0 Å². The van der Waals surface area contributed by atoms with Gasteiger partial charge in [0.05, 0.1) is 7.11 Å². The zero-order valence-corrected chi connectivity index (χ0v) is 11.2. The van der Waals surface area contributed by atoms with Crippen molar-refractivity contribution in [2.45, 2.75) is 6.10 Å². The fraction of sp³-hybridized carbons (Fsp3) is 0.118. The Balaban J connectivity index is 2.17. The van der Waals surface area contributed by atoms with Gasteiger partial charge in [-0.15, -0.1) is 0 Å². The molecule has 102 valence electrons. The molecule has 0 unspecified atom stereocenters. The number of ketones is 1. The maximum Gasteiger partial charge on any atom is 0.191 e. The Morgan fingerprint density at radius 3 is 2.25 bits per heavy atom. The molecule has 0 heterocycles. The number of methoxy groups -OCH3 is 1. The number of hydrogen-bond acceptors (Lipinski definition) is 3. The molecule has 0 saturated carbocycles. The monoisotopic (exact) mass is 268 g/mol. The van der Waals surface area contributed by atoms with Crippen molar-refractivity contribution in [2.75, 3.05) is 7.11 Å². The Morgan fingerprint density at radius 2 is 1.70 bits per heavy atom. The number of hydrogen-bond donors (Lipinski definition) is 1. The van der Waals surface area contributed by atoms with Crippen molar-refractivity contribution in [3.05, 3.63) is 77.9 Å². The lowest BCUT2D eigenvalue weighted by Gasteiger charge is -2.13. The highest BCUT2D eigenvalue weighted by atomic mass is 16.5. The van der Waals surface area contributed by atoms with Gasteiger partial charge in [0.25, 0.3) is 0 Å². The van der Waals surface area contributed by atoms with Crippen molar-refractivity contribution in [3.63, 3.8) is 0 Å². The van der Waals surface area contributed by atoms with Crippen molar-refractivity contribution in [1.29, 1.82) is 0 Å². The van der Waals surface area contributed by atoms with Crippen LogP contribution in [0.1, 0.15) is 22.0 Å². The molecule has 20 heavy (non-hydrogen) atoms. The minimum atomic E-state index is -0.995. The van der Waals surface area contributed by atoms with Crippen LogP contribution in [0, 0.1) is 0 Å². The number of carbonyl (C=O) groups excluding carboxylic acids is 1. The highest BCUT2D eigenvalue weighted by Gasteiger charge is 2.19. The summed E-state index contributed by atoms with van der Waals surface area (Å²) in [4.78, 5) is 12.3. The van der Waals surface area contributed by atoms with Gasteiger partial charge in [0.2, 0.25) is 0 Å². The van der Waals surface area contributed by atoms with Crippen LogP contribution in [0.5, 0.6) is 5.75 Å². The van der Waals surface area contributed by atoms with Crippen LogP contribution in [0.4, 0.5) is 0 Å². The molecule has 0 bridgehead atoms. The van der Waals surface area contributed by atoms with Gasteiger partial charge in [0, 0.05) is 11.1 Å². The Bertz CT molecular complexity index is 600. The van der Waals surface area contributed by atoms with Crippen molar-refractivity contribution in [1.82, 2.24) is 0 Å². The quantitative estimate of drug-likeness (QED) is 0.669. The summed E-state index contributed by atoms with van der Waals surface area (Å²) in [6.07, 6.45) is -0.995. The van der Waals surface area contributed by atoms with Crippen molar-refractivity contribution in [2.24, 2.45) is 0 Å². The van der Waals surface area contributed by atoms with Crippen LogP contribution >= 0.6 is 0 Å². The molecule has 0 fully saturated rings. The van der Waals surface area contributed by atoms with Gasteiger partial charge in [0.1, 0.15) is 11.9 Å². The first-order valence-electron chi connectivity index (χ1n) is 6.24. The largest absolute Gasteiger partial charge is 0.497 e. The zero-order chi connectivity index (χ0) is 14.5. The smallest absolute Gasteiger partial charge is 0.191 e. The van der Waals surface area contributed by atoms with Gasteiger partial charge in [-0.2, -0.15) is 0 Å². The van der Waals surface area contributed by atoms with E-state index in [0.717, 1.165) is 0 Å². The number of carbonyl (C=O) groups is 1. The van der Waals surface area contributed by atoms with E-state index in [1.165, 1.54) is 0 Å². The van der Waals surface area contributed by atoms with E-state index in [-0.39, 0.29) is 11.4 Å². The maximum atomic E-state index is 12.3. The molecule has 2 aromatic carbocycles. The third kappa shape index (κ3) is 2.95. The first-order valence-corrected chi connectivity index (χ1v) is 6.24. The number of benzene rings is 2.